The number of nitrogens with zero attached hydrogens (tertiary/aromatic N) is 4. The number of anilines is 2. The van der Waals surface area contributed by atoms with Crippen LogP contribution in [0.25, 0.3) is 22.2 Å². The van der Waals surface area contributed by atoms with Gasteiger partial charge in [0.05, 0.1) is 11.3 Å². The van der Waals surface area contributed by atoms with Gasteiger partial charge in [-0.05, 0) is 69.7 Å². The molecule has 9 nitrogen and oxygen atoms in total. The van der Waals surface area contributed by atoms with Crippen LogP contribution >= 0.6 is 0 Å². The third-order valence-corrected chi connectivity index (χ3v) is 7.51. The number of nitrogen functional groups attached to an aromatic ring is 1. The summed E-state index contributed by atoms with van der Waals surface area (Å²) >= 11 is 0. The number of carbonyl (C=O) groups is 1. The van der Waals surface area contributed by atoms with Gasteiger partial charge in [-0.1, -0.05) is 13.0 Å². The molecular formula is C27H32N6O3S. The number of rotatable bonds is 7. The highest BCUT2D eigenvalue weighted by Gasteiger charge is 2.29. The Morgan fingerprint density at radius 3 is 2.57 bits per heavy atom. The quantitative estimate of drug-likeness (QED) is 0.371. The van der Waals surface area contributed by atoms with E-state index < -0.39 is 15.9 Å². The maximum atomic E-state index is 13.4. The van der Waals surface area contributed by atoms with Gasteiger partial charge in [-0.25, -0.2) is 23.1 Å². The Labute approximate surface area is 217 Å². The molecule has 3 aromatic heterocycles. The van der Waals surface area contributed by atoms with Crippen molar-refractivity contribution in [2.45, 2.75) is 44.6 Å². The number of aryl methyl sites for hydroxylation is 1. The summed E-state index contributed by atoms with van der Waals surface area (Å²) in [6.07, 6.45) is 4.19. The molecule has 194 valence electrons. The lowest BCUT2D eigenvalue weighted by Gasteiger charge is -2.37. The molecule has 37 heavy (non-hydrogen) atoms. The van der Waals surface area contributed by atoms with E-state index in [1.807, 2.05) is 68.6 Å². The summed E-state index contributed by atoms with van der Waals surface area (Å²) in [7, 11) is -2.26. The third-order valence-electron chi connectivity index (χ3n) is 6.13. The second-order valence-corrected chi connectivity index (χ2v) is 11.6. The molecule has 0 radical (unpaired) electrons. The first-order chi connectivity index (χ1) is 17.4. The molecule has 3 N–H and O–H groups in total. The van der Waals surface area contributed by atoms with Gasteiger partial charge >= 0.3 is 0 Å². The van der Waals surface area contributed by atoms with Crippen molar-refractivity contribution in [2.24, 2.45) is 7.05 Å². The van der Waals surface area contributed by atoms with Gasteiger partial charge in [0.2, 0.25) is 0 Å². The van der Waals surface area contributed by atoms with Crippen molar-refractivity contribution in [1.82, 2.24) is 19.3 Å². The summed E-state index contributed by atoms with van der Waals surface area (Å²) in [4.78, 5) is 23.9. The zero-order valence-corrected chi connectivity index (χ0v) is 22.5. The van der Waals surface area contributed by atoms with Crippen LogP contribution in [0.1, 0.15) is 44.5 Å². The van der Waals surface area contributed by atoms with Gasteiger partial charge in [-0.3, -0.25) is 4.79 Å². The minimum Gasteiger partial charge on any atom is -0.383 e. The van der Waals surface area contributed by atoms with Crippen molar-refractivity contribution in [3.8, 4) is 11.3 Å². The van der Waals surface area contributed by atoms with E-state index in [9.17, 15) is 13.2 Å². The summed E-state index contributed by atoms with van der Waals surface area (Å²) in [5.41, 5.74) is 8.20. The van der Waals surface area contributed by atoms with Crippen molar-refractivity contribution in [3.63, 3.8) is 0 Å². The largest absolute Gasteiger partial charge is 0.383 e. The van der Waals surface area contributed by atoms with Crippen LogP contribution in [-0.2, 0) is 17.1 Å². The fourth-order valence-corrected chi connectivity index (χ4v) is 5.33. The maximum absolute atomic E-state index is 13.4. The number of hydrogen-bond acceptors (Lipinski definition) is 7. The van der Waals surface area contributed by atoms with Crippen LogP contribution in [0.4, 0.5) is 11.6 Å². The van der Waals surface area contributed by atoms with Gasteiger partial charge in [0, 0.05) is 48.0 Å². The van der Waals surface area contributed by atoms with Gasteiger partial charge in [0.1, 0.15) is 16.5 Å². The predicted molar refractivity (Wildman–Crippen MR) is 147 cm³/mol. The Balaban J connectivity index is 1.81. The van der Waals surface area contributed by atoms with Crippen LogP contribution < -0.4 is 15.4 Å². The number of sulfonamides is 1. The molecule has 4 aromatic rings. The standard InChI is InChI=1S/C27H32N6O3S/c1-6-15-33(27(2,3)4)25-20(26(34)31-37(35,36)23-8-7-14-29-24(23)28)10-11-21(30-25)18-9-12-22-19(17-18)13-16-32(22)5/h7-14,16-17H,6,15H2,1-5H3,(H2,28,29)(H,31,34). The molecule has 3 heterocycles. The van der Waals surface area contributed by atoms with Gasteiger partial charge in [0.25, 0.3) is 15.9 Å². The third kappa shape index (κ3) is 5.29. The summed E-state index contributed by atoms with van der Waals surface area (Å²) in [5, 5.41) is 1.08. The van der Waals surface area contributed by atoms with Crippen LogP contribution in [0.2, 0.25) is 0 Å². The minimum atomic E-state index is -4.25. The van der Waals surface area contributed by atoms with Crippen LogP contribution in [0, 0.1) is 0 Å². The van der Waals surface area contributed by atoms with E-state index in [0.29, 0.717) is 18.1 Å². The van der Waals surface area contributed by atoms with Crippen LogP contribution in [0.15, 0.2) is 65.8 Å². The molecule has 0 saturated carbocycles. The molecule has 10 heteroatoms. The average molecular weight is 521 g/mol. The van der Waals surface area contributed by atoms with Gasteiger partial charge in [-0.2, -0.15) is 0 Å². The molecule has 0 spiro atoms. The lowest BCUT2D eigenvalue weighted by Crippen LogP contribution is -2.44. The fraction of sp³-hybridized carbons (Fsp3) is 0.296. The van der Waals surface area contributed by atoms with E-state index in [1.54, 1.807) is 12.1 Å². The Bertz CT molecular complexity index is 1570. The van der Waals surface area contributed by atoms with Gasteiger partial charge in [0.15, 0.2) is 0 Å². The molecular weight excluding hydrogens is 488 g/mol. The number of aromatic nitrogens is 3. The summed E-state index contributed by atoms with van der Waals surface area (Å²) in [6.45, 7) is 8.76. The predicted octanol–water partition coefficient (Wildman–Crippen LogP) is 4.35. The first-order valence-electron chi connectivity index (χ1n) is 12.0. The lowest BCUT2D eigenvalue weighted by molar-refractivity contribution is 0.0981. The first-order valence-corrected chi connectivity index (χ1v) is 13.5. The van der Waals surface area contributed by atoms with Crippen molar-refractivity contribution < 1.29 is 13.2 Å². The number of nitrogens with two attached hydrogens (primary N) is 1. The molecule has 0 unspecified atom stereocenters. The van der Waals surface area contributed by atoms with E-state index in [-0.39, 0.29) is 21.8 Å². The highest BCUT2D eigenvalue weighted by atomic mass is 32.2. The van der Waals surface area contributed by atoms with E-state index >= 15 is 0 Å². The number of benzene rings is 1. The number of nitrogens with one attached hydrogen (secondary N) is 1. The Hall–Kier alpha value is -3.92. The second-order valence-electron chi connectivity index (χ2n) is 9.91. The zero-order chi connectivity index (χ0) is 27.0. The van der Waals surface area contributed by atoms with E-state index in [4.69, 9.17) is 10.7 Å². The molecule has 0 aliphatic rings. The summed E-state index contributed by atoms with van der Waals surface area (Å²) < 4.78 is 30.1. The molecule has 0 atom stereocenters. The Morgan fingerprint density at radius 1 is 1.14 bits per heavy atom. The topological polar surface area (TPSA) is 123 Å². The SMILES string of the molecule is CCCN(c1nc(-c2ccc3c(ccn3C)c2)ccc1C(=O)NS(=O)(=O)c1cccnc1N)C(C)(C)C. The molecule has 0 bridgehead atoms. The zero-order valence-electron chi connectivity index (χ0n) is 21.7. The van der Waals surface area contributed by atoms with Crippen molar-refractivity contribution in [1.29, 1.82) is 0 Å². The first kappa shape index (κ1) is 26.2. The molecule has 0 aliphatic carbocycles. The Kier molecular flexibility index (Phi) is 6.96. The van der Waals surface area contributed by atoms with Crippen molar-refractivity contribution >= 4 is 38.5 Å². The molecule has 0 fully saturated rings. The normalized spacial score (nSPS) is 12.0. The number of hydrogen-bond donors (Lipinski definition) is 2. The van der Waals surface area contributed by atoms with Crippen LogP contribution in [0.3, 0.4) is 0 Å². The monoisotopic (exact) mass is 520 g/mol. The second kappa shape index (κ2) is 9.85. The highest BCUT2D eigenvalue weighted by Crippen LogP contribution is 2.31. The van der Waals surface area contributed by atoms with E-state index in [0.717, 1.165) is 22.9 Å². The van der Waals surface area contributed by atoms with E-state index in [1.165, 1.54) is 18.3 Å². The smallest absolute Gasteiger partial charge is 0.268 e. The molecule has 0 saturated heterocycles. The average Bonchev–Trinajstić information content (AvgIpc) is 3.21. The summed E-state index contributed by atoms with van der Waals surface area (Å²) in [5.74, 6) is -0.567. The molecule has 1 amide bonds. The van der Waals surface area contributed by atoms with Crippen molar-refractivity contribution in [2.75, 3.05) is 17.2 Å². The fourth-order valence-electron chi connectivity index (χ4n) is 4.28. The van der Waals surface area contributed by atoms with Gasteiger partial charge in [-0.15, -0.1) is 0 Å². The Morgan fingerprint density at radius 2 is 1.89 bits per heavy atom. The number of carbonyl (C=O) groups excluding carboxylic acids is 1. The van der Waals surface area contributed by atoms with E-state index in [2.05, 4.69) is 15.8 Å². The van der Waals surface area contributed by atoms with Gasteiger partial charge < -0.3 is 15.2 Å². The lowest BCUT2D eigenvalue weighted by atomic mass is 10.0. The maximum Gasteiger partial charge on any atom is 0.268 e. The molecule has 4 rings (SSSR count). The highest BCUT2D eigenvalue weighted by molar-refractivity contribution is 7.90. The van der Waals surface area contributed by atoms with Crippen molar-refractivity contribution in [3.05, 3.63) is 66.5 Å². The minimum absolute atomic E-state index is 0.152. The summed E-state index contributed by atoms with van der Waals surface area (Å²) in [6, 6.07) is 14.2. The number of fused-ring (bicyclic) bond motifs is 1. The number of pyridine rings is 2. The molecule has 0 aliphatic heterocycles. The molecule has 1 aromatic carbocycles. The number of amides is 1. The van der Waals surface area contributed by atoms with Crippen LogP contribution in [-0.4, -0.2) is 40.9 Å². The van der Waals surface area contributed by atoms with Crippen LogP contribution in [0.5, 0.6) is 0 Å².